The van der Waals surface area contributed by atoms with Gasteiger partial charge in [-0.1, -0.05) is 12.8 Å². The Labute approximate surface area is 136 Å². The minimum atomic E-state index is 0. The van der Waals surface area contributed by atoms with E-state index in [1.165, 1.54) is 10.4 Å². The van der Waals surface area contributed by atoms with Crippen molar-refractivity contribution >= 4 is 13.9 Å². The van der Waals surface area contributed by atoms with Crippen molar-refractivity contribution in [2.24, 2.45) is 0 Å². The molecule has 1 unspecified atom stereocenters. The van der Waals surface area contributed by atoms with Crippen LogP contribution in [0.5, 0.6) is 0 Å². The molecule has 4 heteroatoms. The third-order valence-corrected chi connectivity index (χ3v) is 3.38. The molecule has 1 aromatic carbocycles. The van der Waals surface area contributed by atoms with Crippen molar-refractivity contribution in [1.82, 2.24) is 4.81 Å². The van der Waals surface area contributed by atoms with Gasteiger partial charge < -0.3 is 4.81 Å². The molecule has 0 N–H and O–H groups in total. The maximum absolute atomic E-state index is 11.4. The summed E-state index contributed by atoms with van der Waals surface area (Å²) < 4.78 is 0. The molecule has 1 amide bonds. The molecule has 3 radical (unpaired) electrons. The van der Waals surface area contributed by atoms with Gasteiger partial charge in [0.1, 0.15) is 0 Å². The Hall–Kier alpha value is -0.141. The Morgan fingerprint density at radius 1 is 1.50 bits per heavy atom. The third-order valence-electron chi connectivity index (χ3n) is 3.38. The molecule has 1 heterocycles. The molecular weight excluding hydrogens is 298 g/mol. The fourth-order valence-corrected chi connectivity index (χ4v) is 2.37. The number of carbonyl (C=O) groups excluding carboxylic acids is 1. The zero-order valence-corrected chi connectivity index (χ0v) is 13.5. The molecule has 2 rings (SSSR count). The van der Waals surface area contributed by atoms with Crippen LogP contribution >= 0.6 is 0 Å². The molecule has 0 aliphatic carbocycles. The van der Waals surface area contributed by atoms with Crippen molar-refractivity contribution in [1.29, 1.82) is 0 Å². The molecule has 0 aromatic heterocycles. The van der Waals surface area contributed by atoms with Crippen LogP contribution in [0.25, 0.3) is 0 Å². The number of carbonyl (C=O) groups is 1. The van der Waals surface area contributed by atoms with E-state index in [1.54, 1.807) is 0 Å². The monoisotopic (exact) mass is 315 g/mol. The fourth-order valence-electron chi connectivity index (χ4n) is 2.37. The predicted octanol–water partition coefficient (Wildman–Crippen LogP) is 2.27. The second-order valence-corrected chi connectivity index (χ2v) is 4.65. The third kappa shape index (κ3) is 4.51. The van der Waals surface area contributed by atoms with Gasteiger partial charge in [0.15, 0.2) is 0 Å². The normalized spacial score (nSPS) is 19.4. The van der Waals surface area contributed by atoms with E-state index < -0.39 is 0 Å². The van der Waals surface area contributed by atoms with Gasteiger partial charge in [0.2, 0.25) is 13.9 Å². The summed E-state index contributed by atoms with van der Waals surface area (Å²) >= 11 is 0. The molecule has 1 aliphatic rings. The first kappa shape index (κ1) is 15.9. The van der Waals surface area contributed by atoms with Crippen molar-refractivity contribution < 1.29 is 37.5 Å². The topological polar surface area (TPSA) is 20.3 Å². The Morgan fingerprint density at radius 3 is 3.06 bits per heavy atom. The second-order valence-electron chi connectivity index (χ2n) is 4.65. The van der Waals surface area contributed by atoms with Gasteiger partial charge in [0, 0.05) is 45.2 Å². The van der Waals surface area contributed by atoms with Gasteiger partial charge in [-0.3, -0.25) is 4.79 Å². The number of aryl methyl sites for hydroxylation is 1. The van der Waals surface area contributed by atoms with E-state index in [-0.39, 0.29) is 44.7 Å². The molecule has 0 saturated carbocycles. The average molecular weight is 315 g/mol. The predicted molar refractivity (Wildman–Crippen MR) is 68.5 cm³/mol. The van der Waals surface area contributed by atoms with Gasteiger partial charge >= 0.3 is 0 Å². The number of benzene rings is 1. The molecule has 1 atom stereocenters. The average Bonchev–Trinajstić information content (AvgIpc) is 2.36. The van der Waals surface area contributed by atoms with E-state index in [1.807, 2.05) is 18.2 Å². The molecule has 0 spiro atoms. The minimum absolute atomic E-state index is 0. The van der Waals surface area contributed by atoms with Crippen LogP contribution in [0.15, 0.2) is 24.3 Å². The fraction of sp³-hybridized carbons (Fsp3) is 0.500. The van der Waals surface area contributed by atoms with Gasteiger partial charge in [-0.2, -0.15) is 35.9 Å². The van der Waals surface area contributed by atoms with Crippen molar-refractivity contribution in [3.8, 4) is 0 Å². The quantitative estimate of drug-likeness (QED) is 0.617. The minimum Gasteiger partial charge on any atom is -0.394 e. The number of amides is 1. The van der Waals surface area contributed by atoms with E-state index in [4.69, 9.17) is 7.98 Å². The first-order valence-electron chi connectivity index (χ1n) is 6.29. The molecule has 1 saturated heterocycles. The number of piperidine rings is 1. The Balaban J connectivity index is 0.00000162. The summed E-state index contributed by atoms with van der Waals surface area (Å²) in [6.45, 7) is 0. The van der Waals surface area contributed by atoms with Crippen LogP contribution in [0.2, 0.25) is 0 Å². The Morgan fingerprint density at radius 2 is 2.33 bits per heavy atom. The number of hydrogen-bond donors (Lipinski definition) is 0. The first-order valence-corrected chi connectivity index (χ1v) is 6.29. The standard InChI is InChI=1S/C14H17BNO.Y/c15-16-13(10-5-11-14(16)17)9-4-8-12-6-2-1-3-7-12;/h1-2,6-7,13H,4-5,8-11H2;/q-1;. The molecular formula is C14H17BNOY-. The van der Waals surface area contributed by atoms with E-state index in [0.717, 1.165) is 32.1 Å². The van der Waals surface area contributed by atoms with Gasteiger partial charge in [-0.05, 0) is 19.3 Å². The van der Waals surface area contributed by atoms with Crippen LogP contribution < -0.4 is 0 Å². The molecule has 1 fully saturated rings. The van der Waals surface area contributed by atoms with Crippen molar-refractivity contribution in [3.63, 3.8) is 0 Å². The van der Waals surface area contributed by atoms with Crippen LogP contribution in [0.3, 0.4) is 0 Å². The summed E-state index contributed by atoms with van der Waals surface area (Å²) in [4.78, 5) is 12.9. The van der Waals surface area contributed by atoms with Crippen molar-refractivity contribution in [2.75, 3.05) is 0 Å². The Kier molecular flexibility index (Phi) is 7.17. The van der Waals surface area contributed by atoms with Crippen LogP contribution in [-0.2, 0) is 43.9 Å². The number of rotatable bonds is 4. The van der Waals surface area contributed by atoms with Crippen LogP contribution in [0.1, 0.15) is 37.7 Å². The van der Waals surface area contributed by atoms with E-state index in [2.05, 4.69) is 12.1 Å². The molecule has 1 aliphatic heterocycles. The SMILES string of the molecule is [B]N1C(=O)CCCC1CCCc1c[c-]ccc1.[Y]. The van der Waals surface area contributed by atoms with Crippen LogP contribution in [0, 0.1) is 6.07 Å². The van der Waals surface area contributed by atoms with Gasteiger partial charge in [-0.15, -0.1) is 0 Å². The van der Waals surface area contributed by atoms with Crippen molar-refractivity contribution in [3.05, 3.63) is 35.9 Å². The molecule has 91 valence electrons. The summed E-state index contributed by atoms with van der Waals surface area (Å²) in [6, 6.07) is 11.4. The summed E-state index contributed by atoms with van der Waals surface area (Å²) in [5.74, 6) is 0.0919. The first-order chi connectivity index (χ1) is 8.27. The summed E-state index contributed by atoms with van der Waals surface area (Å²) in [7, 11) is 5.78. The number of hydrogen-bond acceptors (Lipinski definition) is 1. The van der Waals surface area contributed by atoms with Gasteiger partial charge in [-0.25, -0.2) is 0 Å². The summed E-state index contributed by atoms with van der Waals surface area (Å²) in [6.07, 6.45) is 5.75. The van der Waals surface area contributed by atoms with Gasteiger partial charge in [0.25, 0.3) is 0 Å². The zero-order chi connectivity index (χ0) is 12.1. The Bertz CT molecular complexity index is 371. The van der Waals surface area contributed by atoms with E-state index in [0.29, 0.717) is 6.42 Å². The van der Waals surface area contributed by atoms with Crippen LogP contribution in [0.4, 0.5) is 0 Å². The molecule has 0 bridgehead atoms. The zero-order valence-electron chi connectivity index (χ0n) is 10.6. The van der Waals surface area contributed by atoms with E-state index in [9.17, 15) is 4.79 Å². The largest absolute Gasteiger partial charge is 0.394 e. The summed E-state index contributed by atoms with van der Waals surface area (Å²) in [5.41, 5.74) is 1.30. The maximum Gasteiger partial charge on any atom is 0.230 e. The maximum atomic E-state index is 11.4. The van der Waals surface area contributed by atoms with Crippen LogP contribution in [-0.4, -0.2) is 24.7 Å². The number of nitrogens with zero attached hydrogens (tertiary/aromatic N) is 1. The van der Waals surface area contributed by atoms with Gasteiger partial charge in [0.05, 0.1) is 0 Å². The molecule has 18 heavy (non-hydrogen) atoms. The second kappa shape index (κ2) is 8.11. The van der Waals surface area contributed by atoms with E-state index >= 15 is 0 Å². The van der Waals surface area contributed by atoms with Crippen molar-refractivity contribution in [2.45, 2.75) is 44.6 Å². The molecule has 1 aromatic rings. The summed E-state index contributed by atoms with van der Waals surface area (Å²) in [5, 5.41) is 0. The molecule has 2 nitrogen and oxygen atoms in total. The smallest absolute Gasteiger partial charge is 0.230 e.